The van der Waals surface area contributed by atoms with E-state index in [1.165, 1.54) is 6.07 Å². The molecule has 0 heterocycles. The second kappa shape index (κ2) is 5.96. The molecule has 1 rings (SSSR count). The number of hydrogen-bond acceptors (Lipinski definition) is 2. The van der Waals surface area contributed by atoms with E-state index < -0.39 is 11.7 Å². The Bertz CT molecular complexity index is 475. The summed E-state index contributed by atoms with van der Waals surface area (Å²) in [5.41, 5.74) is -0.932. The van der Waals surface area contributed by atoms with Crippen LogP contribution in [0, 0.1) is 17.2 Å². The third-order valence-electron chi connectivity index (χ3n) is 2.56. The topological polar surface area (TPSA) is 33.0 Å². The minimum atomic E-state index is -4.45. The van der Waals surface area contributed by atoms with Crippen LogP contribution in [0.2, 0.25) is 0 Å². The van der Waals surface area contributed by atoms with Gasteiger partial charge in [-0.2, -0.15) is 18.4 Å². The third kappa shape index (κ3) is 4.47. The van der Waals surface area contributed by atoms with Crippen molar-refractivity contribution in [2.75, 3.05) is 0 Å². The number of ether oxygens (including phenoxy) is 1. The van der Waals surface area contributed by atoms with Crippen molar-refractivity contribution in [3.05, 3.63) is 29.3 Å². The summed E-state index contributed by atoms with van der Waals surface area (Å²) < 4.78 is 43.1. The van der Waals surface area contributed by atoms with E-state index in [1.807, 2.05) is 20.8 Å². The number of rotatable bonds is 4. The van der Waals surface area contributed by atoms with Crippen molar-refractivity contribution >= 4 is 0 Å². The number of nitriles is 1. The van der Waals surface area contributed by atoms with Gasteiger partial charge in [-0.3, -0.25) is 0 Å². The average Bonchev–Trinajstić information content (AvgIpc) is 2.26. The van der Waals surface area contributed by atoms with E-state index in [2.05, 4.69) is 0 Å². The Morgan fingerprint density at radius 2 is 1.89 bits per heavy atom. The van der Waals surface area contributed by atoms with Gasteiger partial charge in [-0.1, -0.05) is 13.8 Å². The van der Waals surface area contributed by atoms with Gasteiger partial charge in [-0.25, -0.2) is 0 Å². The predicted molar refractivity (Wildman–Crippen MR) is 65.7 cm³/mol. The van der Waals surface area contributed by atoms with Crippen molar-refractivity contribution in [1.82, 2.24) is 0 Å². The van der Waals surface area contributed by atoms with Gasteiger partial charge in [0.15, 0.2) is 0 Å². The Morgan fingerprint density at radius 3 is 2.37 bits per heavy atom. The fourth-order valence-electron chi connectivity index (χ4n) is 1.83. The zero-order valence-electron chi connectivity index (χ0n) is 11.1. The molecule has 1 atom stereocenters. The summed E-state index contributed by atoms with van der Waals surface area (Å²) in [6.07, 6.45) is -3.83. The maximum atomic E-state index is 12.5. The van der Waals surface area contributed by atoms with E-state index >= 15 is 0 Å². The summed E-state index contributed by atoms with van der Waals surface area (Å²) in [7, 11) is 0. The van der Waals surface area contributed by atoms with Crippen LogP contribution in [0.4, 0.5) is 13.2 Å². The largest absolute Gasteiger partial charge is 0.489 e. The molecule has 1 unspecified atom stereocenters. The van der Waals surface area contributed by atoms with Crippen LogP contribution in [-0.4, -0.2) is 6.10 Å². The Kier molecular flexibility index (Phi) is 4.82. The van der Waals surface area contributed by atoms with Crippen molar-refractivity contribution in [2.45, 2.75) is 39.5 Å². The van der Waals surface area contributed by atoms with Gasteiger partial charge >= 0.3 is 6.18 Å². The molecule has 2 nitrogen and oxygen atoms in total. The third-order valence-corrected chi connectivity index (χ3v) is 2.56. The standard InChI is InChI=1S/C14H16F3NO/c1-9(2)6-10(3)19-13-5-4-12(14(15,16)17)7-11(13)8-18/h4-5,7,9-10H,6H2,1-3H3. The Morgan fingerprint density at radius 1 is 1.26 bits per heavy atom. The Labute approximate surface area is 110 Å². The van der Waals surface area contributed by atoms with Gasteiger partial charge in [0.25, 0.3) is 0 Å². The molecule has 0 bridgehead atoms. The number of benzene rings is 1. The first-order valence-corrected chi connectivity index (χ1v) is 6.02. The van der Waals surface area contributed by atoms with Crippen molar-refractivity contribution in [3.8, 4) is 11.8 Å². The monoisotopic (exact) mass is 271 g/mol. The summed E-state index contributed by atoms with van der Waals surface area (Å²) in [4.78, 5) is 0. The van der Waals surface area contributed by atoms with Crippen LogP contribution in [0.25, 0.3) is 0 Å². The van der Waals surface area contributed by atoms with Crippen molar-refractivity contribution in [2.24, 2.45) is 5.92 Å². The SMILES string of the molecule is CC(C)CC(C)Oc1ccc(C(F)(F)F)cc1C#N. The molecule has 1 aromatic carbocycles. The molecule has 0 aromatic heterocycles. The number of hydrogen-bond donors (Lipinski definition) is 0. The molecule has 0 aliphatic heterocycles. The molecule has 0 aliphatic rings. The van der Waals surface area contributed by atoms with Crippen LogP contribution in [0.5, 0.6) is 5.75 Å². The van der Waals surface area contributed by atoms with E-state index in [4.69, 9.17) is 10.00 Å². The molecule has 0 N–H and O–H groups in total. The zero-order chi connectivity index (χ0) is 14.6. The van der Waals surface area contributed by atoms with Gasteiger partial charge in [0.05, 0.1) is 17.2 Å². The van der Waals surface area contributed by atoms with Gasteiger partial charge in [0.1, 0.15) is 11.8 Å². The fourth-order valence-corrected chi connectivity index (χ4v) is 1.83. The quantitative estimate of drug-likeness (QED) is 0.813. The van der Waals surface area contributed by atoms with E-state index in [0.717, 1.165) is 18.6 Å². The molecular formula is C14H16F3NO. The average molecular weight is 271 g/mol. The van der Waals surface area contributed by atoms with Crippen LogP contribution < -0.4 is 4.74 Å². The summed E-state index contributed by atoms with van der Waals surface area (Å²) in [6, 6.07) is 4.69. The summed E-state index contributed by atoms with van der Waals surface area (Å²) in [5.74, 6) is 0.610. The summed E-state index contributed by atoms with van der Waals surface area (Å²) in [6.45, 7) is 5.88. The van der Waals surface area contributed by atoms with Crippen molar-refractivity contribution < 1.29 is 17.9 Å². The molecule has 19 heavy (non-hydrogen) atoms. The molecule has 0 radical (unpaired) electrons. The first kappa shape index (κ1) is 15.4. The second-order valence-corrected chi connectivity index (χ2v) is 4.88. The highest BCUT2D eigenvalue weighted by Crippen LogP contribution is 2.32. The number of halogens is 3. The van der Waals surface area contributed by atoms with Crippen LogP contribution in [-0.2, 0) is 6.18 Å². The van der Waals surface area contributed by atoms with Gasteiger partial charge in [0, 0.05) is 0 Å². The Hall–Kier alpha value is -1.70. The first-order chi connectivity index (χ1) is 8.74. The lowest BCUT2D eigenvalue weighted by Gasteiger charge is -2.18. The lowest BCUT2D eigenvalue weighted by atomic mass is 10.1. The number of nitrogens with zero attached hydrogens (tertiary/aromatic N) is 1. The molecule has 0 aliphatic carbocycles. The van der Waals surface area contributed by atoms with E-state index in [9.17, 15) is 13.2 Å². The molecule has 0 amide bonds. The maximum absolute atomic E-state index is 12.5. The molecular weight excluding hydrogens is 255 g/mol. The molecule has 0 saturated carbocycles. The number of alkyl halides is 3. The van der Waals surface area contributed by atoms with Gasteiger partial charge in [-0.05, 0) is 37.5 Å². The molecule has 0 saturated heterocycles. The highest BCUT2D eigenvalue weighted by atomic mass is 19.4. The highest BCUT2D eigenvalue weighted by Gasteiger charge is 2.31. The molecule has 0 spiro atoms. The lowest BCUT2D eigenvalue weighted by Crippen LogP contribution is -2.15. The van der Waals surface area contributed by atoms with Gasteiger partial charge in [-0.15, -0.1) is 0 Å². The first-order valence-electron chi connectivity index (χ1n) is 6.02. The maximum Gasteiger partial charge on any atom is 0.416 e. The zero-order valence-corrected chi connectivity index (χ0v) is 11.1. The van der Waals surface area contributed by atoms with Gasteiger partial charge < -0.3 is 4.74 Å². The second-order valence-electron chi connectivity index (χ2n) is 4.88. The normalized spacial score (nSPS) is 13.2. The summed E-state index contributed by atoms with van der Waals surface area (Å²) in [5, 5.41) is 8.91. The van der Waals surface area contributed by atoms with Gasteiger partial charge in [0.2, 0.25) is 0 Å². The molecule has 1 aromatic rings. The predicted octanol–water partition coefficient (Wildman–Crippen LogP) is 4.39. The highest BCUT2D eigenvalue weighted by molar-refractivity contribution is 5.46. The molecule has 5 heteroatoms. The minimum absolute atomic E-state index is 0.0922. The smallest absolute Gasteiger partial charge is 0.416 e. The molecule has 104 valence electrons. The van der Waals surface area contributed by atoms with Crippen molar-refractivity contribution in [3.63, 3.8) is 0 Å². The lowest BCUT2D eigenvalue weighted by molar-refractivity contribution is -0.137. The molecule has 0 fully saturated rings. The van der Waals surface area contributed by atoms with Crippen LogP contribution >= 0.6 is 0 Å². The van der Waals surface area contributed by atoms with Crippen molar-refractivity contribution in [1.29, 1.82) is 5.26 Å². The van der Waals surface area contributed by atoms with E-state index in [0.29, 0.717) is 5.92 Å². The Balaban J connectivity index is 2.95. The fraction of sp³-hybridized carbons (Fsp3) is 0.500. The summed E-state index contributed by atoms with van der Waals surface area (Å²) >= 11 is 0. The van der Waals surface area contributed by atoms with Crippen LogP contribution in [0.3, 0.4) is 0 Å². The van der Waals surface area contributed by atoms with E-state index in [1.54, 1.807) is 6.07 Å². The minimum Gasteiger partial charge on any atom is -0.489 e. The van der Waals surface area contributed by atoms with Crippen LogP contribution in [0.15, 0.2) is 18.2 Å². The van der Waals surface area contributed by atoms with E-state index in [-0.39, 0.29) is 17.4 Å². The van der Waals surface area contributed by atoms with Crippen LogP contribution in [0.1, 0.15) is 38.3 Å².